The first-order valence-electron chi connectivity index (χ1n) is 9.74. The molecule has 1 atom stereocenters. The van der Waals surface area contributed by atoms with E-state index in [9.17, 15) is 15.0 Å². The molecule has 0 spiro atoms. The van der Waals surface area contributed by atoms with Crippen LogP contribution in [0.3, 0.4) is 0 Å². The number of aryl methyl sites for hydroxylation is 1. The summed E-state index contributed by atoms with van der Waals surface area (Å²) in [6.45, 7) is 6.79. The smallest absolute Gasteiger partial charge is 0.254 e. The number of rotatable bonds is 3. The van der Waals surface area contributed by atoms with E-state index in [1.54, 1.807) is 34.0 Å². The zero-order valence-corrected chi connectivity index (χ0v) is 17.3. The zero-order valence-electron chi connectivity index (χ0n) is 17.3. The highest BCUT2D eigenvalue weighted by atomic mass is 16.4. The van der Waals surface area contributed by atoms with Crippen LogP contribution in [0.1, 0.15) is 69.0 Å². The van der Waals surface area contributed by atoms with Crippen LogP contribution in [0.15, 0.2) is 21.0 Å². The molecule has 29 heavy (non-hydrogen) atoms. The van der Waals surface area contributed by atoms with E-state index in [0.29, 0.717) is 28.7 Å². The zero-order chi connectivity index (χ0) is 21.1. The van der Waals surface area contributed by atoms with Gasteiger partial charge in [0.25, 0.3) is 5.56 Å². The van der Waals surface area contributed by atoms with Gasteiger partial charge in [-0.1, -0.05) is 17.4 Å². The van der Waals surface area contributed by atoms with Crippen LogP contribution >= 0.6 is 0 Å². The van der Waals surface area contributed by atoms with Crippen molar-refractivity contribution >= 4 is 5.57 Å². The van der Waals surface area contributed by atoms with Crippen molar-refractivity contribution in [2.45, 2.75) is 58.2 Å². The molecule has 4 rings (SSSR count). The summed E-state index contributed by atoms with van der Waals surface area (Å²) in [7, 11) is 1.69. The number of fused-ring (bicyclic) bond motifs is 1. The third-order valence-electron chi connectivity index (χ3n) is 5.58. The lowest BCUT2D eigenvalue weighted by molar-refractivity contribution is 0.0478. The van der Waals surface area contributed by atoms with Crippen molar-refractivity contribution in [3.05, 3.63) is 50.6 Å². The van der Waals surface area contributed by atoms with Crippen molar-refractivity contribution in [2.24, 2.45) is 13.0 Å². The lowest BCUT2D eigenvalue weighted by Crippen LogP contribution is -2.25. The highest BCUT2D eigenvalue weighted by Crippen LogP contribution is 2.40. The minimum Gasteiger partial charge on any atom is -0.418 e. The first kappa shape index (κ1) is 19.6. The van der Waals surface area contributed by atoms with E-state index in [1.165, 1.54) is 4.57 Å². The maximum atomic E-state index is 12.8. The highest BCUT2D eigenvalue weighted by Gasteiger charge is 2.39. The molecule has 1 fully saturated rings. The minimum absolute atomic E-state index is 0.101. The predicted molar refractivity (Wildman–Crippen MR) is 107 cm³/mol. The summed E-state index contributed by atoms with van der Waals surface area (Å²) in [5.41, 5.74) is 1.12. The normalized spacial score (nSPS) is 18.3. The molecular formula is C22H25N3O4. The summed E-state index contributed by atoms with van der Waals surface area (Å²) in [6, 6.07) is 0. The fraction of sp³-hybridized carbons (Fsp3) is 0.500. The summed E-state index contributed by atoms with van der Waals surface area (Å²) in [5.74, 6) is 6.64. The van der Waals surface area contributed by atoms with E-state index in [1.807, 2.05) is 6.92 Å². The molecule has 152 valence electrons. The minimum atomic E-state index is -1.26. The van der Waals surface area contributed by atoms with Crippen molar-refractivity contribution < 1.29 is 14.6 Å². The van der Waals surface area contributed by atoms with Crippen molar-refractivity contribution in [2.75, 3.05) is 0 Å². The molecule has 7 heteroatoms. The lowest BCUT2D eigenvalue weighted by atomic mass is 9.98. The molecule has 1 unspecified atom stereocenters. The van der Waals surface area contributed by atoms with Gasteiger partial charge in [0.15, 0.2) is 0 Å². The highest BCUT2D eigenvalue weighted by molar-refractivity contribution is 5.86. The molecule has 0 radical (unpaired) electrons. The second-order valence-corrected chi connectivity index (χ2v) is 8.79. The van der Waals surface area contributed by atoms with Gasteiger partial charge in [0.1, 0.15) is 11.2 Å². The molecule has 0 saturated heterocycles. The second kappa shape index (κ2) is 6.41. The van der Waals surface area contributed by atoms with Gasteiger partial charge in [-0.15, -0.1) is 10.2 Å². The molecule has 0 aromatic carbocycles. The first-order valence-corrected chi connectivity index (χ1v) is 9.74. The molecule has 7 nitrogen and oxygen atoms in total. The topological polar surface area (TPSA) is 101 Å². The van der Waals surface area contributed by atoms with Crippen LogP contribution in [0.25, 0.3) is 5.57 Å². The second-order valence-electron chi connectivity index (χ2n) is 8.79. The first-order chi connectivity index (χ1) is 13.5. The van der Waals surface area contributed by atoms with Crippen LogP contribution in [-0.2, 0) is 19.1 Å². The average molecular weight is 395 g/mol. The van der Waals surface area contributed by atoms with E-state index in [-0.39, 0.29) is 23.3 Å². The fourth-order valence-electron chi connectivity index (χ4n) is 3.71. The van der Waals surface area contributed by atoms with Crippen LogP contribution in [0.2, 0.25) is 0 Å². The molecule has 2 aliphatic carbocycles. The largest absolute Gasteiger partial charge is 0.418 e. The SMILES string of the molecule is CC1=C(c2nnc(C(C)(C)O)o2)c2c(C#CC(C)(O)C3CC3)cn(C)c(=O)c2C1. The third-order valence-corrected chi connectivity index (χ3v) is 5.58. The third kappa shape index (κ3) is 3.43. The molecule has 1 saturated carbocycles. The molecule has 2 aliphatic rings. The van der Waals surface area contributed by atoms with Crippen molar-refractivity contribution in [3.63, 3.8) is 0 Å². The lowest BCUT2D eigenvalue weighted by Gasteiger charge is -2.15. The van der Waals surface area contributed by atoms with Gasteiger partial charge < -0.3 is 19.2 Å². The van der Waals surface area contributed by atoms with E-state index in [2.05, 4.69) is 22.0 Å². The Bertz CT molecular complexity index is 1150. The van der Waals surface area contributed by atoms with Crippen LogP contribution in [-0.4, -0.2) is 30.6 Å². The quantitative estimate of drug-likeness (QED) is 0.770. The maximum absolute atomic E-state index is 12.8. The monoisotopic (exact) mass is 395 g/mol. The Balaban J connectivity index is 1.87. The summed E-state index contributed by atoms with van der Waals surface area (Å²) in [6.07, 6.45) is 4.09. The Morgan fingerprint density at radius 1 is 1.24 bits per heavy atom. The Hall–Kier alpha value is -2.69. The van der Waals surface area contributed by atoms with Crippen molar-refractivity contribution in [1.29, 1.82) is 0 Å². The Kier molecular flexibility index (Phi) is 4.34. The number of allylic oxidation sites excluding steroid dienone is 1. The van der Waals surface area contributed by atoms with E-state index >= 15 is 0 Å². The number of nitrogens with zero attached hydrogens (tertiary/aromatic N) is 3. The van der Waals surface area contributed by atoms with E-state index in [4.69, 9.17) is 4.42 Å². The van der Waals surface area contributed by atoms with Gasteiger partial charge in [-0.2, -0.15) is 0 Å². The number of aromatic nitrogens is 3. The molecule has 2 N–H and O–H groups in total. The maximum Gasteiger partial charge on any atom is 0.254 e. The standard InChI is InChI=1S/C22H25N3O4/c1-12-10-15-17(16(12)18-23-24-20(29-18)21(2,3)27)13(11-25(5)19(15)26)8-9-22(4,28)14-6-7-14/h11,14,27-28H,6-7,10H2,1-5H3. The van der Waals surface area contributed by atoms with Crippen molar-refractivity contribution in [1.82, 2.24) is 14.8 Å². The molecular weight excluding hydrogens is 370 g/mol. The molecule has 0 amide bonds. The van der Waals surface area contributed by atoms with Crippen LogP contribution in [0.5, 0.6) is 0 Å². The number of aliphatic hydroxyl groups is 2. The molecule has 2 heterocycles. The predicted octanol–water partition coefficient (Wildman–Crippen LogP) is 1.89. The summed E-state index contributed by atoms with van der Waals surface area (Å²) in [4.78, 5) is 12.8. The van der Waals surface area contributed by atoms with Gasteiger partial charge in [0.05, 0.1) is 0 Å². The number of hydrogen-bond donors (Lipinski definition) is 2. The van der Waals surface area contributed by atoms with E-state index < -0.39 is 11.2 Å². The van der Waals surface area contributed by atoms with Crippen LogP contribution in [0, 0.1) is 17.8 Å². The van der Waals surface area contributed by atoms with Gasteiger partial charge >= 0.3 is 0 Å². The number of pyridine rings is 1. The summed E-state index contributed by atoms with van der Waals surface area (Å²) < 4.78 is 7.26. The Morgan fingerprint density at radius 2 is 1.93 bits per heavy atom. The van der Waals surface area contributed by atoms with Gasteiger partial charge in [-0.05, 0) is 46.5 Å². The van der Waals surface area contributed by atoms with Crippen LogP contribution in [0.4, 0.5) is 0 Å². The summed E-state index contributed by atoms with van der Waals surface area (Å²) >= 11 is 0. The Labute approximate surface area is 169 Å². The van der Waals surface area contributed by atoms with Gasteiger partial charge in [-0.3, -0.25) is 4.79 Å². The molecule has 2 aromatic rings. The molecule has 0 aliphatic heterocycles. The summed E-state index contributed by atoms with van der Waals surface area (Å²) in [5, 5.41) is 28.8. The van der Waals surface area contributed by atoms with Gasteiger partial charge in [0.2, 0.25) is 11.8 Å². The van der Waals surface area contributed by atoms with E-state index in [0.717, 1.165) is 18.4 Å². The van der Waals surface area contributed by atoms with Crippen molar-refractivity contribution in [3.8, 4) is 11.8 Å². The Morgan fingerprint density at radius 3 is 2.52 bits per heavy atom. The van der Waals surface area contributed by atoms with Crippen LogP contribution < -0.4 is 5.56 Å². The fourth-order valence-corrected chi connectivity index (χ4v) is 3.71. The number of hydrogen-bond acceptors (Lipinski definition) is 6. The average Bonchev–Trinajstić information content (AvgIpc) is 3.27. The molecule has 0 bridgehead atoms. The van der Waals surface area contributed by atoms with Gasteiger partial charge in [-0.25, -0.2) is 0 Å². The van der Waals surface area contributed by atoms with Gasteiger partial charge in [0, 0.05) is 41.9 Å². The molecule has 2 aromatic heterocycles.